The number of rotatable bonds is 8. The van der Waals surface area contributed by atoms with Crippen LogP contribution >= 0.6 is 31.9 Å². The molecule has 0 saturated heterocycles. The van der Waals surface area contributed by atoms with Gasteiger partial charge >= 0.3 is 0 Å². The van der Waals surface area contributed by atoms with Gasteiger partial charge in [-0.3, -0.25) is 0 Å². The molecule has 0 fully saturated rings. The monoisotopic (exact) mass is 431 g/mol. The number of methoxy groups -OCH3 is 1. The van der Waals surface area contributed by atoms with Gasteiger partial charge in [-0.25, -0.2) is 13.6 Å². The lowest BCUT2D eigenvalue weighted by atomic mass is 10.3. The van der Waals surface area contributed by atoms with Crippen LogP contribution in [-0.2, 0) is 14.8 Å². The van der Waals surface area contributed by atoms with Crippen LogP contribution in [0.3, 0.4) is 0 Å². The first-order valence-corrected chi connectivity index (χ1v) is 8.87. The highest BCUT2D eigenvalue weighted by molar-refractivity contribution is 9.11. The normalized spacial score (nSPS) is 11.4. The molecule has 0 saturated carbocycles. The second kappa shape index (κ2) is 8.18. The summed E-state index contributed by atoms with van der Waals surface area (Å²) in [7, 11) is -1.90. The summed E-state index contributed by atoms with van der Waals surface area (Å²) in [6, 6.07) is 3.55. The fourth-order valence-electron chi connectivity index (χ4n) is 1.27. The van der Waals surface area contributed by atoms with E-state index >= 15 is 0 Å². The van der Waals surface area contributed by atoms with Crippen LogP contribution in [0.15, 0.2) is 21.1 Å². The highest BCUT2D eigenvalue weighted by Gasteiger charge is 2.08. The van der Waals surface area contributed by atoms with E-state index in [2.05, 4.69) is 31.9 Å². The molecule has 114 valence electrons. The van der Waals surface area contributed by atoms with Crippen molar-refractivity contribution in [2.75, 3.05) is 32.7 Å². The number of sulfonamides is 1. The molecule has 1 rings (SSSR count). The first-order chi connectivity index (χ1) is 9.33. The van der Waals surface area contributed by atoms with E-state index in [1.807, 2.05) is 0 Å². The van der Waals surface area contributed by atoms with E-state index in [1.54, 1.807) is 19.2 Å². The molecule has 0 aliphatic rings. The van der Waals surface area contributed by atoms with Gasteiger partial charge in [0.25, 0.3) is 0 Å². The van der Waals surface area contributed by atoms with Crippen LogP contribution in [0.1, 0.15) is 0 Å². The molecule has 6 nitrogen and oxygen atoms in total. The second-order valence-electron chi connectivity index (χ2n) is 3.74. The number of halogens is 2. The fraction of sp³-hybridized carbons (Fsp3) is 0.455. The van der Waals surface area contributed by atoms with Gasteiger partial charge in [0, 0.05) is 0 Å². The minimum atomic E-state index is -3.48. The molecule has 0 radical (unpaired) electrons. The molecule has 1 aromatic rings. The Balaban J connectivity index is 2.37. The highest BCUT2D eigenvalue weighted by Crippen LogP contribution is 2.35. The van der Waals surface area contributed by atoms with E-state index in [1.165, 1.54) is 0 Å². The van der Waals surface area contributed by atoms with Crippen LogP contribution in [0.4, 0.5) is 0 Å². The summed E-state index contributed by atoms with van der Waals surface area (Å²) in [5.74, 6) is 1.12. The fourth-order valence-corrected chi connectivity index (χ4v) is 2.54. The first-order valence-electron chi connectivity index (χ1n) is 5.57. The van der Waals surface area contributed by atoms with Crippen LogP contribution in [0.2, 0.25) is 0 Å². The zero-order valence-corrected chi connectivity index (χ0v) is 14.8. The molecule has 2 N–H and O–H groups in total. The van der Waals surface area contributed by atoms with Gasteiger partial charge < -0.3 is 14.2 Å². The summed E-state index contributed by atoms with van der Waals surface area (Å²) >= 11 is 6.73. The lowest BCUT2D eigenvalue weighted by Crippen LogP contribution is -2.21. The number of hydrogen-bond donors (Lipinski definition) is 1. The van der Waals surface area contributed by atoms with Crippen molar-refractivity contribution >= 4 is 41.9 Å². The van der Waals surface area contributed by atoms with Gasteiger partial charge in [0.2, 0.25) is 10.0 Å². The van der Waals surface area contributed by atoms with Gasteiger partial charge in [-0.15, -0.1) is 0 Å². The molecule has 0 aromatic heterocycles. The number of hydrogen-bond acceptors (Lipinski definition) is 5. The molecule has 0 atom stereocenters. The molecular formula is C11H15Br2NO5S. The first kappa shape index (κ1) is 17.7. The third-order valence-corrected chi connectivity index (χ3v) is 4.18. The molecule has 0 aliphatic carbocycles. The van der Waals surface area contributed by atoms with Gasteiger partial charge in [-0.2, -0.15) is 0 Å². The zero-order valence-electron chi connectivity index (χ0n) is 10.8. The molecule has 0 heterocycles. The Labute approximate surface area is 134 Å². The van der Waals surface area contributed by atoms with E-state index in [9.17, 15) is 8.42 Å². The number of ether oxygens (including phenoxy) is 3. The SMILES string of the molecule is COc1cc(Br)c(OCCOCCS(N)(=O)=O)cc1Br. The summed E-state index contributed by atoms with van der Waals surface area (Å²) in [5.41, 5.74) is 0. The summed E-state index contributed by atoms with van der Waals surface area (Å²) in [5, 5.41) is 4.84. The maximum absolute atomic E-state index is 10.7. The molecule has 1 aromatic carbocycles. The van der Waals surface area contributed by atoms with Crippen molar-refractivity contribution in [1.29, 1.82) is 0 Å². The predicted molar refractivity (Wildman–Crippen MR) is 82.7 cm³/mol. The number of primary sulfonamides is 1. The van der Waals surface area contributed by atoms with Gasteiger partial charge in [-0.05, 0) is 44.0 Å². The maximum atomic E-state index is 10.7. The summed E-state index contributed by atoms with van der Waals surface area (Å²) in [4.78, 5) is 0. The number of nitrogens with two attached hydrogens (primary N) is 1. The number of benzene rings is 1. The van der Waals surface area contributed by atoms with E-state index < -0.39 is 10.0 Å². The van der Waals surface area contributed by atoms with E-state index in [0.29, 0.717) is 18.1 Å². The minimum absolute atomic E-state index is 0.0513. The van der Waals surface area contributed by atoms with Crippen molar-refractivity contribution in [3.05, 3.63) is 21.1 Å². The Kier molecular flexibility index (Phi) is 7.24. The third kappa shape index (κ3) is 6.40. The summed E-state index contributed by atoms with van der Waals surface area (Å²) < 4.78 is 38.6. The van der Waals surface area contributed by atoms with E-state index in [4.69, 9.17) is 19.3 Å². The zero-order chi connectivity index (χ0) is 15.2. The standard InChI is InChI=1S/C11H15Br2NO5S/c1-17-10-6-9(13)11(7-8(10)12)19-3-2-18-4-5-20(14,15)16/h6-7H,2-5H2,1H3,(H2,14,15,16). The Morgan fingerprint density at radius 1 is 1.10 bits per heavy atom. The van der Waals surface area contributed by atoms with Crippen molar-refractivity contribution in [1.82, 2.24) is 0 Å². The predicted octanol–water partition coefficient (Wildman–Crippen LogP) is 1.90. The molecular weight excluding hydrogens is 418 g/mol. The molecule has 0 amide bonds. The second-order valence-corrected chi connectivity index (χ2v) is 7.19. The Hall–Kier alpha value is -0.350. The van der Waals surface area contributed by atoms with Gasteiger partial charge in [-0.1, -0.05) is 0 Å². The van der Waals surface area contributed by atoms with Crippen molar-refractivity contribution in [2.24, 2.45) is 5.14 Å². The smallest absolute Gasteiger partial charge is 0.211 e. The molecule has 0 unspecified atom stereocenters. The lowest BCUT2D eigenvalue weighted by molar-refractivity contribution is 0.111. The third-order valence-electron chi connectivity index (χ3n) is 2.20. The average molecular weight is 433 g/mol. The van der Waals surface area contributed by atoms with Crippen molar-refractivity contribution < 1.29 is 22.6 Å². The van der Waals surface area contributed by atoms with Crippen molar-refractivity contribution in [3.63, 3.8) is 0 Å². The molecule has 20 heavy (non-hydrogen) atoms. The Bertz CT molecular complexity index is 550. The van der Waals surface area contributed by atoms with Gasteiger partial charge in [0.1, 0.15) is 18.1 Å². The quantitative estimate of drug-likeness (QED) is 0.634. The van der Waals surface area contributed by atoms with Crippen molar-refractivity contribution in [2.45, 2.75) is 0 Å². The van der Waals surface area contributed by atoms with Crippen LogP contribution < -0.4 is 14.6 Å². The molecule has 0 bridgehead atoms. The average Bonchev–Trinajstić information content (AvgIpc) is 2.35. The van der Waals surface area contributed by atoms with Gasteiger partial charge in [0.15, 0.2) is 0 Å². The largest absolute Gasteiger partial charge is 0.496 e. The molecule has 9 heteroatoms. The van der Waals surface area contributed by atoms with Gasteiger partial charge in [0.05, 0.1) is 35.0 Å². The minimum Gasteiger partial charge on any atom is -0.496 e. The lowest BCUT2D eigenvalue weighted by Gasteiger charge is -2.11. The van der Waals surface area contributed by atoms with Crippen molar-refractivity contribution in [3.8, 4) is 11.5 Å². The summed E-state index contributed by atoms with van der Waals surface area (Å²) in [6.07, 6.45) is 0. The summed E-state index contributed by atoms with van der Waals surface area (Å²) in [6.45, 7) is 0.614. The van der Waals surface area contributed by atoms with Crippen LogP contribution in [-0.4, -0.2) is 41.1 Å². The Morgan fingerprint density at radius 3 is 2.30 bits per heavy atom. The highest BCUT2D eigenvalue weighted by atomic mass is 79.9. The van der Waals surface area contributed by atoms with Crippen LogP contribution in [0.25, 0.3) is 0 Å². The van der Waals surface area contributed by atoms with E-state index in [0.717, 1.165) is 8.95 Å². The topological polar surface area (TPSA) is 87.8 Å². The molecule has 0 aliphatic heterocycles. The Morgan fingerprint density at radius 2 is 1.70 bits per heavy atom. The van der Waals surface area contributed by atoms with E-state index in [-0.39, 0.29) is 19.0 Å². The van der Waals surface area contributed by atoms with Crippen LogP contribution in [0, 0.1) is 0 Å². The van der Waals surface area contributed by atoms with Crippen LogP contribution in [0.5, 0.6) is 11.5 Å². The molecule has 0 spiro atoms. The maximum Gasteiger partial charge on any atom is 0.211 e.